The van der Waals surface area contributed by atoms with E-state index in [9.17, 15) is 8.42 Å². The van der Waals surface area contributed by atoms with Gasteiger partial charge in [0.25, 0.3) is 10.0 Å². The molecule has 7 heteroatoms. The minimum Gasteiger partial charge on any atom is -0.496 e. The van der Waals surface area contributed by atoms with Crippen LogP contribution in [0.1, 0.15) is 16.7 Å². The molecule has 25 heavy (non-hydrogen) atoms. The zero-order valence-corrected chi connectivity index (χ0v) is 16.1. The Morgan fingerprint density at radius 2 is 1.52 bits per heavy atom. The third-order valence-electron chi connectivity index (χ3n) is 4.11. The molecule has 0 aliphatic rings. The van der Waals surface area contributed by atoms with E-state index >= 15 is 0 Å². The van der Waals surface area contributed by atoms with Gasteiger partial charge in [-0.1, -0.05) is 6.07 Å². The first-order valence-corrected chi connectivity index (χ1v) is 9.13. The Hall–Kier alpha value is -2.41. The Morgan fingerprint density at radius 3 is 2.08 bits per heavy atom. The van der Waals surface area contributed by atoms with Crippen LogP contribution >= 0.6 is 0 Å². The van der Waals surface area contributed by atoms with Crippen LogP contribution in [0.5, 0.6) is 17.2 Å². The van der Waals surface area contributed by atoms with E-state index in [4.69, 9.17) is 14.2 Å². The van der Waals surface area contributed by atoms with Crippen LogP contribution in [0.25, 0.3) is 0 Å². The number of rotatable bonds is 6. The fourth-order valence-corrected chi connectivity index (χ4v) is 4.40. The number of hydrogen-bond donors (Lipinski definition) is 1. The minimum absolute atomic E-state index is 0.232. The van der Waals surface area contributed by atoms with Gasteiger partial charge in [-0.3, -0.25) is 4.72 Å². The van der Waals surface area contributed by atoms with Crippen LogP contribution < -0.4 is 18.9 Å². The third kappa shape index (κ3) is 3.51. The molecule has 0 aliphatic carbocycles. The first-order chi connectivity index (χ1) is 11.8. The van der Waals surface area contributed by atoms with E-state index in [1.807, 2.05) is 6.92 Å². The van der Waals surface area contributed by atoms with Crippen LogP contribution in [-0.2, 0) is 10.0 Å². The number of nitrogens with one attached hydrogen (secondary N) is 1. The number of ether oxygens (including phenoxy) is 3. The third-order valence-corrected chi connectivity index (χ3v) is 5.77. The number of sulfonamides is 1. The lowest BCUT2D eigenvalue weighted by Gasteiger charge is -2.18. The van der Waals surface area contributed by atoms with Gasteiger partial charge < -0.3 is 14.2 Å². The molecular formula is C18H23NO5S. The Bertz CT molecular complexity index is 891. The van der Waals surface area contributed by atoms with E-state index < -0.39 is 10.0 Å². The average molecular weight is 365 g/mol. The van der Waals surface area contributed by atoms with Gasteiger partial charge in [-0.15, -0.1) is 0 Å². The summed E-state index contributed by atoms with van der Waals surface area (Å²) in [5.74, 6) is 1.43. The van der Waals surface area contributed by atoms with E-state index in [2.05, 4.69) is 4.72 Å². The second-order valence-corrected chi connectivity index (χ2v) is 7.24. The lowest BCUT2D eigenvalue weighted by molar-refractivity contribution is 0.356. The summed E-state index contributed by atoms with van der Waals surface area (Å²) in [6.45, 7) is 5.34. The molecule has 0 amide bonds. The second kappa shape index (κ2) is 7.23. The fourth-order valence-electron chi connectivity index (χ4n) is 2.81. The van der Waals surface area contributed by atoms with Crippen molar-refractivity contribution in [3.05, 3.63) is 41.0 Å². The average Bonchev–Trinajstić information content (AvgIpc) is 2.57. The zero-order valence-electron chi connectivity index (χ0n) is 15.3. The fraction of sp³-hybridized carbons (Fsp3) is 0.333. The van der Waals surface area contributed by atoms with Crippen molar-refractivity contribution in [3.63, 3.8) is 0 Å². The zero-order chi connectivity index (χ0) is 18.8. The molecule has 0 aromatic heterocycles. The molecule has 0 heterocycles. The van der Waals surface area contributed by atoms with E-state index in [1.165, 1.54) is 14.2 Å². The van der Waals surface area contributed by atoms with Gasteiger partial charge >= 0.3 is 0 Å². The maximum atomic E-state index is 13.0. The highest BCUT2D eigenvalue weighted by atomic mass is 32.2. The first kappa shape index (κ1) is 18.9. The van der Waals surface area contributed by atoms with Crippen molar-refractivity contribution in [2.45, 2.75) is 25.7 Å². The SMILES string of the molecule is COc1cc(C)c(S(=O)(=O)Nc2cccc(OC)c2OC)c(C)c1C. The van der Waals surface area contributed by atoms with Crippen molar-refractivity contribution in [3.8, 4) is 17.2 Å². The van der Waals surface area contributed by atoms with Gasteiger partial charge in [0.05, 0.1) is 31.9 Å². The summed E-state index contributed by atoms with van der Waals surface area (Å²) in [6, 6.07) is 6.74. The van der Waals surface area contributed by atoms with Crippen molar-refractivity contribution in [2.75, 3.05) is 26.1 Å². The number of methoxy groups -OCH3 is 3. The topological polar surface area (TPSA) is 73.9 Å². The second-order valence-electron chi connectivity index (χ2n) is 5.62. The predicted octanol–water partition coefficient (Wildman–Crippen LogP) is 3.44. The normalized spacial score (nSPS) is 11.1. The maximum absolute atomic E-state index is 13.0. The van der Waals surface area contributed by atoms with Gasteiger partial charge in [-0.2, -0.15) is 0 Å². The molecule has 1 N–H and O–H groups in total. The molecule has 2 aromatic carbocycles. The standard InChI is InChI=1S/C18H23NO5S/c1-11-10-16(23-5)12(2)13(3)18(11)25(20,21)19-14-8-7-9-15(22-4)17(14)24-6/h7-10,19H,1-6H3. The first-order valence-electron chi connectivity index (χ1n) is 7.65. The summed E-state index contributed by atoms with van der Waals surface area (Å²) < 4.78 is 44.5. The quantitative estimate of drug-likeness (QED) is 0.849. The summed E-state index contributed by atoms with van der Waals surface area (Å²) >= 11 is 0. The Kier molecular flexibility index (Phi) is 5.47. The molecule has 0 aliphatic heterocycles. The van der Waals surface area contributed by atoms with E-state index in [0.29, 0.717) is 34.1 Å². The van der Waals surface area contributed by atoms with Crippen LogP contribution in [0.3, 0.4) is 0 Å². The summed E-state index contributed by atoms with van der Waals surface area (Å²) in [5.41, 5.74) is 2.35. The molecule has 2 aromatic rings. The lowest BCUT2D eigenvalue weighted by atomic mass is 10.1. The number of benzene rings is 2. The molecule has 0 fully saturated rings. The van der Waals surface area contributed by atoms with Gasteiger partial charge in [0.15, 0.2) is 11.5 Å². The van der Waals surface area contributed by atoms with Crippen molar-refractivity contribution < 1.29 is 22.6 Å². The van der Waals surface area contributed by atoms with Crippen molar-refractivity contribution in [2.24, 2.45) is 0 Å². The molecule has 136 valence electrons. The molecule has 0 saturated heterocycles. The molecule has 6 nitrogen and oxygen atoms in total. The Morgan fingerprint density at radius 1 is 0.880 bits per heavy atom. The number of para-hydroxylation sites is 1. The summed E-state index contributed by atoms with van der Waals surface area (Å²) in [6.07, 6.45) is 0. The molecule has 0 spiro atoms. The Balaban J connectivity index is 2.57. The van der Waals surface area contributed by atoms with Gasteiger partial charge in [0.2, 0.25) is 0 Å². The summed E-state index contributed by atoms with van der Waals surface area (Å²) in [5, 5.41) is 0. The van der Waals surface area contributed by atoms with Crippen LogP contribution in [0, 0.1) is 20.8 Å². The molecule has 0 saturated carbocycles. The van der Waals surface area contributed by atoms with Crippen LogP contribution in [0.15, 0.2) is 29.2 Å². The van der Waals surface area contributed by atoms with Crippen LogP contribution in [-0.4, -0.2) is 29.7 Å². The smallest absolute Gasteiger partial charge is 0.262 e. The largest absolute Gasteiger partial charge is 0.496 e. The van der Waals surface area contributed by atoms with Crippen LogP contribution in [0.4, 0.5) is 5.69 Å². The van der Waals surface area contributed by atoms with Gasteiger partial charge in [0, 0.05) is 0 Å². The monoisotopic (exact) mass is 365 g/mol. The molecule has 0 atom stereocenters. The molecular weight excluding hydrogens is 342 g/mol. The molecule has 0 unspecified atom stereocenters. The number of anilines is 1. The molecule has 0 bridgehead atoms. The molecule has 0 radical (unpaired) electrons. The van der Waals surface area contributed by atoms with E-state index in [-0.39, 0.29) is 4.90 Å². The maximum Gasteiger partial charge on any atom is 0.262 e. The van der Waals surface area contributed by atoms with Crippen molar-refractivity contribution >= 4 is 15.7 Å². The Labute approximate surface area is 148 Å². The summed E-state index contributed by atoms with van der Waals surface area (Å²) in [7, 11) is 0.703. The highest BCUT2D eigenvalue weighted by Crippen LogP contribution is 2.37. The van der Waals surface area contributed by atoms with E-state index in [1.54, 1.807) is 45.2 Å². The van der Waals surface area contributed by atoms with Gasteiger partial charge in [0.1, 0.15) is 5.75 Å². The van der Waals surface area contributed by atoms with Crippen molar-refractivity contribution in [1.82, 2.24) is 0 Å². The predicted molar refractivity (Wildman–Crippen MR) is 97.6 cm³/mol. The lowest BCUT2D eigenvalue weighted by Crippen LogP contribution is -2.17. The minimum atomic E-state index is -3.82. The number of hydrogen-bond acceptors (Lipinski definition) is 5. The number of aryl methyl sites for hydroxylation is 1. The van der Waals surface area contributed by atoms with Crippen molar-refractivity contribution in [1.29, 1.82) is 0 Å². The summed E-state index contributed by atoms with van der Waals surface area (Å²) in [4.78, 5) is 0.232. The van der Waals surface area contributed by atoms with E-state index in [0.717, 1.165) is 5.56 Å². The van der Waals surface area contributed by atoms with Gasteiger partial charge in [-0.05, 0) is 55.7 Å². The van der Waals surface area contributed by atoms with Gasteiger partial charge in [-0.25, -0.2) is 8.42 Å². The highest BCUT2D eigenvalue weighted by Gasteiger charge is 2.24. The highest BCUT2D eigenvalue weighted by molar-refractivity contribution is 7.92. The molecule has 2 rings (SSSR count). The van der Waals surface area contributed by atoms with Crippen LogP contribution in [0.2, 0.25) is 0 Å².